The molecule has 0 aliphatic heterocycles. The molecule has 6 heteroatoms. The Morgan fingerprint density at radius 2 is 2.28 bits per heavy atom. The average molecular weight is 261 g/mol. The van der Waals surface area contributed by atoms with Gasteiger partial charge >= 0.3 is 0 Å². The highest BCUT2D eigenvalue weighted by Gasteiger charge is 2.17. The number of aryl methyl sites for hydroxylation is 1. The van der Waals surface area contributed by atoms with Crippen LogP contribution in [0.2, 0.25) is 0 Å². The second kappa shape index (κ2) is 4.78. The summed E-state index contributed by atoms with van der Waals surface area (Å²) in [4.78, 5) is 12.6. The highest BCUT2D eigenvalue weighted by molar-refractivity contribution is 7.18. The van der Waals surface area contributed by atoms with Gasteiger partial charge in [-0.3, -0.25) is 0 Å². The minimum Gasteiger partial charge on any atom is -0.368 e. The first-order valence-electron chi connectivity index (χ1n) is 5.66. The van der Waals surface area contributed by atoms with Crippen LogP contribution >= 0.6 is 11.3 Å². The molecule has 94 valence electrons. The number of aromatic nitrogens is 2. The van der Waals surface area contributed by atoms with Gasteiger partial charge in [0.15, 0.2) is 0 Å². The molecule has 2 aromatic heterocycles. The van der Waals surface area contributed by atoms with Crippen LogP contribution in [0.25, 0.3) is 10.2 Å². The van der Waals surface area contributed by atoms with E-state index in [4.69, 9.17) is 11.0 Å². The molecule has 1 unspecified atom stereocenters. The van der Waals surface area contributed by atoms with Crippen molar-refractivity contribution in [1.29, 1.82) is 5.26 Å². The van der Waals surface area contributed by atoms with Crippen LogP contribution < -0.4 is 10.6 Å². The number of hydrogen-bond donors (Lipinski definition) is 1. The van der Waals surface area contributed by atoms with Gasteiger partial charge < -0.3 is 10.6 Å². The summed E-state index contributed by atoms with van der Waals surface area (Å²) >= 11 is 1.60. The van der Waals surface area contributed by atoms with Crippen molar-refractivity contribution in [3.05, 3.63) is 10.9 Å². The summed E-state index contributed by atoms with van der Waals surface area (Å²) in [5.74, 6) is 1.07. The predicted molar refractivity (Wildman–Crippen MR) is 74.7 cm³/mol. The molecule has 0 saturated carbocycles. The molecule has 5 nitrogen and oxygen atoms in total. The first-order chi connectivity index (χ1) is 8.52. The first-order valence-corrected chi connectivity index (χ1v) is 6.48. The van der Waals surface area contributed by atoms with Gasteiger partial charge in [0.25, 0.3) is 0 Å². The van der Waals surface area contributed by atoms with Gasteiger partial charge in [0.1, 0.15) is 10.6 Å². The summed E-state index contributed by atoms with van der Waals surface area (Å²) in [7, 11) is 1.93. The van der Waals surface area contributed by atoms with Crippen molar-refractivity contribution in [2.24, 2.45) is 0 Å². The van der Waals surface area contributed by atoms with Crippen LogP contribution in [0.1, 0.15) is 18.2 Å². The summed E-state index contributed by atoms with van der Waals surface area (Å²) in [6.45, 7) is 4.03. The number of hydrogen-bond acceptors (Lipinski definition) is 6. The van der Waals surface area contributed by atoms with Gasteiger partial charge in [-0.05, 0) is 19.9 Å². The van der Waals surface area contributed by atoms with Crippen LogP contribution in [-0.4, -0.2) is 23.1 Å². The van der Waals surface area contributed by atoms with E-state index in [1.165, 1.54) is 4.88 Å². The summed E-state index contributed by atoms with van der Waals surface area (Å²) in [6.07, 6.45) is 0.449. The smallest absolute Gasteiger partial charge is 0.223 e. The molecule has 0 aromatic carbocycles. The molecule has 1 atom stereocenters. The van der Waals surface area contributed by atoms with Crippen LogP contribution in [0.3, 0.4) is 0 Å². The fourth-order valence-corrected chi connectivity index (χ4v) is 2.67. The SMILES string of the molecule is Cc1cc2c(N(C)C(C)CC#N)nc(N)nc2s1. The van der Waals surface area contributed by atoms with Crippen molar-refractivity contribution in [2.75, 3.05) is 17.7 Å². The zero-order valence-corrected chi connectivity index (χ0v) is 11.5. The minimum absolute atomic E-state index is 0.0905. The van der Waals surface area contributed by atoms with Gasteiger partial charge in [-0.2, -0.15) is 10.2 Å². The largest absolute Gasteiger partial charge is 0.368 e. The molecule has 0 fully saturated rings. The van der Waals surface area contributed by atoms with E-state index in [1.807, 2.05) is 25.8 Å². The second-order valence-corrected chi connectivity index (χ2v) is 5.54. The van der Waals surface area contributed by atoms with E-state index >= 15 is 0 Å². The van der Waals surface area contributed by atoms with Crippen molar-refractivity contribution in [1.82, 2.24) is 9.97 Å². The number of nitrogens with two attached hydrogens (primary N) is 1. The molecule has 0 spiro atoms. The lowest BCUT2D eigenvalue weighted by atomic mass is 10.2. The summed E-state index contributed by atoms with van der Waals surface area (Å²) in [5, 5.41) is 9.77. The van der Waals surface area contributed by atoms with Crippen LogP contribution in [-0.2, 0) is 0 Å². The molecule has 18 heavy (non-hydrogen) atoms. The highest BCUT2D eigenvalue weighted by atomic mass is 32.1. The highest BCUT2D eigenvalue weighted by Crippen LogP contribution is 2.31. The lowest BCUT2D eigenvalue weighted by Gasteiger charge is -2.24. The van der Waals surface area contributed by atoms with Crippen molar-refractivity contribution in [3.63, 3.8) is 0 Å². The van der Waals surface area contributed by atoms with E-state index < -0.39 is 0 Å². The number of nitrogen functional groups attached to an aromatic ring is 1. The van der Waals surface area contributed by atoms with E-state index in [0.29, 0.717) is 6.42 Å². The molecular weight excluding hydrogens is 246 g/mol. The van der Waals surface area contributed by atoms with Crippen molar-refractivity contribution in [2.45, 2.75) is 26.3 Å². The Kier molecular flexibility index (Phi) is 3.34. The summed E-state index contributed by atoms with van der Waals surface area (Å²) in [5.41, 5.74) is 5.74. The van der Waals surface area contributed by atoms with Gasteiger partial charge in [0, 0.05) is 18.0 Å². The van der Waals surface area contributed by atoms with Crippen molar-refractivity contribution in [3.8, 4) is 6.07 Å². The van der Waals surface area contributed by atoms with Crippen molar-refractivity contribution >= 4 is 33.3 Å². The third-order valence-electron chi connectivity index (χ3n) is 2.90. The third kappa shape index (κ3) is 2.22. The maximum absolute atomic E-state index is 8.77. The molecular formula is C12H15N5S. The molecule has 0 aliphatic rings. The summed E-state index contributed by atoms with van der Waals surface area (Å²) < 4.78 is 0. The normalized spacial score (nSPS) is 12.3. The quantitative estimate of drug-likeness (QED) is 0.917. The standard InChI is InChI=1S/C12H15N5S/c1-7(4-5-13)17(3)10-9-6-8(2)18-11(9)16-12(14)15-10/h6-7H,4H2,1-3H3,(H2,14,15,16). The van der Waals surface area contributed by atoms with Gasteiger partial charge in [0.2, 0.25) is 5.95 Å². The molecule has 0 saturated heterocycles. The van der Waals surface area contributed by atoms with Crippen LogP contribution in [0.4, 0.5) is 11.8 Å². The molecule has 2 rings (SSSR count). The number of nitrogens with zero attached hydrogens (tertiary/aromatic N) is 4. The third-order valence-corrected chi connectivity index (χ3v) is 3.84. The Morgan fingerprint density at radius 1 is 1.56 bits per heavy atom. The molecule has 2 N–H and O–H groups in total. The number of nitriles is 1. The number of anilines is 2. The molecule has 0 amide bonds. The van der Waals surface area contributed by atoms with Crippen LogP contribution in [0.15, 0.2) is 6.07 Å². The maximum atomic E-state index is 8.77. The zero-order chi connectivity index (χ0) is 13.3. The van der Waals surface area contributed by atoms with Gasteiger partial charge in [-0.1, -0.05) is 0 Å². The Morgan fingerprint density at radius 3 is 2.94 bits per heavy atom. The van der Waals surface area contributed by atoms with E-state index in [2.05, 4.69) is 22.1 Å². The van der Waals surface area contributed by atoms with E-state index in [9.17, 15) is 0 Å². The van der Waals surface area contributed by atoms with Crippen molar-refractivity contribution < 1.29 is 0 Å². The second-order valence-electron chi connectivity index (χ2n) is 4.30. The van der Waals surface area contributed by atoms with Crippen LogP contribution in [0.5, 0.6) is 0 Å². The van der Waals surface area contributed by atoms with Gasteiger partial charge in [-0.15, -0.1) is 11.3 Å². The Balaban J connectivity index is 2.52. The Hall–Kier alpha value is -1.87. The summed E-state index contributed by atoms with van der Waals surface area (Å²) in [6, 6.07) is 4.32. The fraction of sp³-hybridized carbons (Fsp3) is 0.417. The molecule has 2 heterocycles. The van der Waals surface area contributed by atoms with E-state index in [1.54, 1.807) is 11.3 Å². The molecule has 0 radical (unpaired) electrons. The first kappa shape index (κ1) is 12.6. The Labute approximate surface area is 110 Å². The fourth-order valence-electron chi connectivity index (χ4n) is 1.79. The monoisotopic (exact) mass is 261 g/mol. The topological polar surface area (TPSA) is 78.8 Å². The Bertz CT molecular complexity index is 613. The zero-order valence-electron chi connectivity index (χ0n) is 10.6. The maximum Gasteiger partial charge on any atom is 0.223 e. The number of thiophene rings is 1. The van der Waals surface area contributed by atoms with Gasteiger partial charge in [-0.25, -0.2) is 4.98 Å². The average Bonchev–Trinajstić information content (AvgIpc) is 2.67. The molecule has 0 aliphatic carbocycles. The van der Waals surface area contributed by atoms with E-state index in [0.717, 1.165) is 16.0 Å². The van der Waals surface area contributed by atoms with Crippen LogP contribution in [0, 0.1) is 18.3 Å². The number of rotatable bonds is 3. The molecule has 0 bridgehead atoms. The van der Waals surface area contributed by atoms with E-state index in [-0.39, 0.29) is 12.0 Å². The lowest BCUT2D eigenvalue weighted by Crippen LogP contribution is -2.29. The minimum atomic E-state index is 0.0905. The predicted octanol–water partition coefficient (Wildman–Crippen LogP) is 2.32. The lowest BCUT2D eigenvalue weighted by molar-refractivity contribution is 0.696. The van der Waals surface area contributed by atoms with Gasteiger partial charge in [0.05, 0.1) is 17.9 Å². The molecule has 2 aromatic rings. The number of fused-ring (bicyclic) bond motifs is 1.